The Balaban J connectivity index is 1.21. The van der Waals surface area contributed by atoms with Gasteiger partial charge in [-0.05, 0) is 97.9 Å². The smallest absolute Gasteiger partial charge is 0.192 e. The number of rotatable bonds is 4. The molecule has 44 heavy (non-hydrogen) atoms. The predicted octanol–water partition coefficient (Wildman–Crippen LogP) is 7.56. The molecule has 0 radical (unpaired) electrons. The molecule has 7 aliphatic rings. The van der Waals surface area contributed by atoms with E-state index in [0.717, 1.165) is 37.7 Å². The summed E-state index contributed by atoms with van der Waals surface area (Å²) < 4.78 is 31.9. The van der Waals surface area contributed by atoms with Crippen LogP contribution in [0, 0.1) is 23.2 Å². The molecule has 2 saturated heterocycles. The van der Waals surface area contributed by atoms with Gasteiger partial charge < -0.3 is 28.5 Å². The lowest BCUT2D eigenvalue weighted by atomic mass is 9.50. The van der Waals surface area contributed by atoms with E-state index in [1.54, 1.807) is 5.57 Å². The summed E-state index contributed by atoms with van der Waals surface area (Å²) in [5, 5.41) is 12.6. The molecule has 0 bridgehead atoms. The molecule has 1 spiro atoms. The molecule has 6 nitrogen and oxygen atoms in total. The van der Waals surface area contributed by atoms with Crippen LogP contribution < -0.4 is 0 Å². The first kappa shape index (κ1) is 30.3. The fourth-order valence-corrected chi connectivity index (χ4v) is 12.4. The van der Waals surface area contributed by atoms with E-state index in [9.17, 15) is 5.11 Å². The van der Waals surface area contributed by atoms with Crippen LogP contribution in [-0.2, 0) is 29.2 Å². The van der Waals surface area contributed by atoms with Crippen molar-refractivity contribution in [3.63, 3.8) is 0 Å². The number of fused-ring (bicyclic) bond motifs is 6. The molecule has 6 fully saturated rings. The van der Waals surface area contributed by atoms with E-state index < -0.39 is 25.5 Å². The monoisotopic (exact) mass is 622 g/mol. The van der Waals surface area contributed by atoms with Gasteiger partial charge in [0, 0.05) is 24.3 Å². The van der Waals surface area contributed by atoms with Crippen molar-refractivity contribution in [1.82, 2.24) is 0 Å². The molecule has 7 atom stereocenters. The molecule has 0 aromatic heterocycles. The molecule has 2 heterocycles. The van der Waals surface area contributed by atoms with Crippen LogP contribution in [0.5, 0.6) is 0 Å². The Labute approximate surface area is 265 Å². The highest BCUT2D eigenvalue weighted by Gasteiger charge is 2.77. The van der Waals surface area contributed by atoms with Crippen molar-refractivity contribution in [2.75, 3.05) is 26.4 Å². The number of benzene rings is 1. The average molecular weight is 623 g/mol. The first-order chi connectivity index (χ1) is 20.6. The van der Waals surface area contributed by atoms with Crippen molar-refractivity contribution in [3.05, 3.63) is 46.5 Å². The molecule has 4 saturated carbocycles. The third-order valence-electron chi connectivity index (χ3n) is 14.1. The topological polar surface area (TPSA) is 66.4 Å². The third kappa shape index (κ3) is 4.18. The zero-order valence-corrected chi connectivity index (χ0v) is 29.1. The average Bonchev–Trinajstić information content (AvgIpc) is 3.23. The van der Waals surface area contributed by atoms with E-state index in [4.69, 9.17) is 23.4 Å². The lowest BCUT2D eigenvalue weighted by Gasteiger charge is -2.58. The van der Waals surface area contributed by atoms with E-state index in [2.05, 4.69) is 65.1 Å². The second kappa shape index (κ2) is 9.52. The summed E-state index contributed by atoms with van der Waals surface area (Å²) in [5.74, 6) is 0.714. The summed E-state index contributed by atoms with van der Waals surface area (Å²) in [5.41, 5.74) is 4.53. The van der Waals surface area contributed by atoms with Gasteiger partial charge >= 0.3 is 0 Å². The number of hydrogen-bond donors (Lipinski definition) is 1. The standard InChI is InChI=1S/C37H54O6Si/c1-32(2,3)44(6,7)43-37-21-26(37)20-30-27-12-14-35(38)23-36(41-18-19-42-36)15-13-29(35)31(27)28(22-33(30,37)4)24-8-10-25(11-9-24)34(5)39-16-17-40-34/h8-11,26-28,30,38H,12-23H2,1-7H3/t26-,27-,28+,30-,33-,35+,37-/m0/s1. The molecule has 8 rings (SSSR count). The lowest BCUT2D eigenvalue weighted by molar-refractivity contribution is -0.208. The van der Waals surface area contributed by atoms with Gasteiger partial charge in [0.15, 0.2) is 19.9 Å². The van der Waals surface area contributed by atoms with Gasteiger partial charge in [-0.3, -0.25) is 0 Å². The van der Waals surface area contributed by atoms with Gasteiger partial charge in [-0.15, -0.1) is 0 Å². The minimum absolute atomic E-state index is 0.00996. The molecule has 2 aliphatic heterocycles. The van der Waals surface area contributed by atoms with Crippen molar-refractivity contribution in [1.29, 1.82) is 0 Å². The summed E-state index contributed by atoms with van der Waals surface area (Å²) in [4.78, 5) is 0. The molecule has 0 amide bonds. The third-order valence-corrected chi connectivity index (χ3v) is 18.6. The SMILES string of the molecule is CC1(c2ccc([C@H]3C[C@@]4(C)[C@@H](C[C@H]5C[C@]54O[Si](C)(C)C(C)(C)C)[C@@H]4CC[C@@]5(O)CC6(CCC5=C43)OCCO6)cc2)OCCO1. The van der Waals surface area contributed by atoms with Crippen LogP contribution in [0.2, 0.25) is 18.1 Å². The maximum atomic E-state index is 12.4. The Hall–Kier alpha value is -1.06. The minimum atomic E-state index is -1.97. The number of ether oxygens (including phenoxy) is 4. The first-order valence-corrected chi connectivity index (χ1v) is 20.4. The second-order valence-electron chi connectivity index (χ2n) is 17.3. The Bertz CT molecular complexity index is 1350. The van der Waals surface area contributed by atoms with E-state index in [-0.39, 0.29) is 22.0 Å². The van der Waals surface area contributed by atoms with Crippen molar-refractivity contribution in [3.8, 4) is 0 Å². The summed E-state index contributed by atoms with van der Waals surface area (Å²) in [6.45, 7) is 19.2. The Morgan fingerprint density at radius 2 is 1.57 bits per heavy atom. The van der Waals surface area contributed by atoms with Crippen LogP contribution in [0.25, 0.3) is 0 Å². The van der Waals surface area contributed by atoms with Gasteiger partial charge in [0.2, 0.25) is 0 Å². The Morgan fingerprint density at radius 1 is 0.909 bits per heavy atom. The summed E-state index contributed by atoms with van der Waals surface area (Å²) in [6.07, 6.45) is 7.64. The van der Waals surface area contributed by atoms with Crippen LogP contribution in [0.3, 0.4) is 0 Å². The fraction of sp³-hybridized carbons (Fsp3) is 0.784. The minimum Gasteiger partial charge on any atom is -0.410 e. The summed E-state index contributed by atoms with van der Waals surface area (Å²) in [6, 6.07) is 9.09. The molecular formula is C37H54O6Si. The van der Waals surface area contributed by atoms with Gasteiger partial charge in [-0.1, -0.05) is 57.5 Å². The van der Waals surface area contributed by atoms with Crippen LogP contribution in [0.15, 0.2) is 35.4 Å². The van der Waals surface area contributed by atoms with E-state index in [0.29, 0.717) is 50.6 Å². The normalized spacial score (nSPS) is 42.2. The number of allylic oxidation sites excluding steroid dienone is 1. The van der Waals surface area contributed by atoms with Crippen LogP contribution in [0.4, 0.5) is 0 Å². The summed E-state index contributed by atoms with van der Waals surface area (Å²) in [7, 11) is -1.97. The maximum Gasteiger partial charge on any atom is 0.192 e. The van der Waals surface area contributed by atoms with Crippen molar-refractivity contribution < 1.29 is 28.5 Å². The highest BCUT2D eigenvalue weighted by atomic mass is 28.4. The largest absolute Gasteiger partial charge is 0.410 e. The summed E-state index contributed by atoms with van der Waals surface area (Å²) >= 11 is 0. The van der Waals surface area contributed by atoms with Crippen molar-refractivity contribution >= 4 is 8.32 Å². The number of hydrogen-bond acceptors (Lipinski definition) is 6. The quantitative estimate of drug-likeness (QED) is 0.276. The van der Waals surface area contributed by atoms with Gasteiger partial charge in [0.25, 0.3) is 0 Å². The van der Waals surface area contributed by atoms with Gasteiger partial charge in [0.1, 0.15) is 0 Å². The van der Waals surface area contributed by atoms with Crippen LogP contribution >= 0.6 is 0 Å². The second-order valence-corrected chi connectivity index (χ2v) is 22.1. The molecule has 242 valence electrons. The molecule has 7 heteroatoms. The molecule has 1 aromatic carbocycles. The maximum absolute atomic E-state index is 12.4. The first-order valence-electron chi connectivity index (χ1n) is 17.5. The van der Waals surface area contributed by atoms with Crippen LogP contribution in [-0.4, -0.2) is 56.8 Å². The predicted molar refractivity (Wildman–Crippen MR) is 172 cm³/mol. The molecular weight excluding hydrogens is 568 g/mol. The lowest BCUT2D eigenvalue weighted by Crippen LogP contribution is -2.56. The van der Waals surface area contributed by atoms with Gasteiger partial charge in [-0.2, -0.15) is 0 Å². The zero-order valence-electron chi connectivity index (χ0n) is 28.1. The Morgan fingerprint density at radius 3 is 2.23 bits per heavy atom. The molecule has 1 N–H and O–H groups in total. The van der Waals surface area contributed by atoms with Crippen molar-refractivity contribution in [2.24, 2.45) is 23.2 Å². The highest BCUT2D eigenvalue weighted by Crippen LogP contribution is 2.78. The Kier molecular flexibility index (Phi) is 6.55. The van der Waals surface area contributed by atoms with Crippen LogP contribution in [0.1, 0.15) is 103 Å². The molecule has 1 aromatic rings. The van der Waals surface area contributed by atoms with E-state index in [1.165, 1.54) is 24.0 Å². The fourth-order valence-electron chi connectivity index (χ4n) is 10.7. The van der Waals surface area contributed by atoms with E-state index >= 15 is 0 Å². The molecule has 5 aliphatic carbocycles. The van der Waals surface area contributed by atoms with Gasteiger partial charge in [0.05, 0.1) is 37.6 Å². The number of aliphatic hydroxyl groups is 1. The zero-order chi connectivity index (χ0) is 31.0. The molecule has 0 unspecified atom stereocenters. The van der Waals surface area contributed by atoms with Crippen molar-refractivity contribution in [2.45, 2.75) is 133 Å². The van der Waals surface area contributed by atoms with E-state index in [1.807, 2.05) is 6.92 Å². The highest BCUT2D eigenvalue weighted by molar-refractivity contribution is 6.74. The van der Waals surface area contributed by atoms with Gasteiger partial charge in [-0.25, -0.2) is 0 Å².